The molecule has 0 bridgehead atoms. The third-order valence-electron chi connectivity index (χ3n) is 2.77. The van der Waals surface area contributed by atoms with Crippen molar-refractivity contribution >= 4 is 28.9 Å². The largest absolute Gasteiger partial charge is 0.370 e. The molecule has 2 rings (SSSR count). The predicted octanol–water partition coefficient (Wildman–Crippen LogP) is 4.34. The molecule has 0 aliphatic carbocycles. The van der Waals surface area contributed by atoms with Crippen molar-refractivity contribution < 1.29 is 0 Å². The van der Waals surface area contributed by atoms with Gasteiger partial charge in [-0.15, -0.1) is 11.3 Å². The summed E-state index contributed by atoms with van der Waals surface area (Å²) in [5, 5.41) is 6.38. The first-order valence-electron chi connectivity index (χ1n) is 6.81. The van der Waals surface area contributed by atoms with Crippen molar-refractivity contribution in [2.75, 3.05) is 11.9 Å². The Morgan fingerprint density at radius 3 is 2.75 bits per heavy atom. The minimum atomic E-state index is 0.313. The highest BCUT2D eigenvalue weighted by Gasteiger charge is 2.14. The molecule has 6 heteroatoms. The van der Waals surface area contributed by atoms with Gasteiger partial charge in [0.15, 0.2) is 4.34 Å². The van der Waals surface area contributed by atoms with Gasteiger partial charge in [-0.1, -0.05) is 20.8 Å². The van der Waals surface area contributed by atoms with Gasteiger partial charge in [0.05, 0.1) is 0 Å². The number of hydrogen-bond donors (Lipinski definition) is 1. The van der Waals surface area contributed by atoms with Crippen LogP contribution in [0.15, 0.2) is 20.9 Å². The Morgan fingerprint density at radius 2 is 2.15 bits per heavy atom. The van der Waals surface area contributed by atoms with E-state index in [1.54, 1.807) is 23.1 Å². The first-order valence-corrected chi connectivity index (χ1v) is 8.51. The third kappa shape index (κ3) is 3.70. The average Bonchev–Trinajstić information content (AvgIpc) is 2.92. The molecule has 0 atom stereocenters. The fourth-order valence-electron chi connectivity index (χ4n) is 1.63. The van der Waals surface area contributed by atoms with Crippen LogP contribution >= 0.6 is 23.1 Å². The summed E-state index contributed by atoms with van der Waals surface area (Å²) >= 11 is 3.25. The summed E-state index contributed by atoms with van der Waals surface area (Å²) in [6, 6.07) is 0. The highest BCUT2D eigenvalue weighted by Crippen LogP contribution is 2.33. The first-order chi connectivity index (χ1) is 9.61. The molecular formula is C14H20N4S2. The molecule has 0 fully saturated rings. The van der Waals surface area contributed by atoms with E-state index in [0.29, 0.717) is 5.92 Å². The monoisotopic (exact) mass is 308 g/mol. The predicted molar refractivity (Wildman–Crippen MR) is 85.9 cm³/mol. The van der Waals surface area contributed by atoms with Crippen LogP contribution in [-0.2, 0) is 0 Å². The number of nitrogens with zero attached hydrogens (tertiary/aromatic N) is 3. The van der Waals surface area contributed by atoms with Crippen LogP contribution in [0.1, 0.15) is 44.5 Å². The molecule has 0 aromatic carbocycles. The number of hydrogen-bond acceptors (Lipinski definition) is 6. The van der Waals surface area contributed by atoms with Crippen molar-refractivity contribution in [1.29, 1.82) is 0 Å². The second-order valence-electron chi connectivity index (χ2n) is 4.84. The molecule has 0 aliphatic rings. The van der Waals surface area contributed by atoms with Gasteiger partial charge in [-0.3, -0.25) is 0 Å². The summed E-state index contributed by atoms with van der Waals surface area (Å²) in [5.74, 6) is 2.14. The molecule has 2 aromatic rings. The molecule has 4 nitrogen and oxygen atoms in total. The van der Waals surface area contributed by atoms with E-state index in [0.717, 1.165) is 39.5 Å². The van der Waals surface area contributed by atoms with Gasteiger partial charge in [-0.25, -0.2) is 15.0 Å². The number of aromatic nitrogens is 3. The molecule has 0 spiro atoms. The molecule has 20 heavy (non-hydrogen) atoms. The number of nitrogens with one attached hydrogen (secondary N) is 1. The van der Waals surface area contributed by atoms with E-state index in [2.05, 4.69) is 43.0 Å². The van der Waals surface area contributed by atoms with Gasteiger partial charge in [0, 0.05) is 29.6 Å². The second kappa shape index (κ2) is 7.04. The smallest absolute Gasteiger partial charge is 0.156 e. The van der Waals surface area contributed by atoms with Gasteiger partial charge >= 0.3 is 0 Å². The van der Waals surface area contributed by atoms with Crippen molar-refractivity contribution in [3.8, 4) is 0 Å². The van der Waals surface area contributed by atoms with Gasteiger partial charge in [0.1, 0.15) is 16.7 Å². The molecular weight excluding hydrogens is 288 g/mol. The highest BCUT2D eigenvalue weighted by atomic mass is 32.2. The Balaban J connectivity index is 2.35. The summed E-state index contributed by atoms with van der Waals surface area (Å²) in [7, 11) is 0. The Hall–Kier alpha value is -1.14. The van der Waals surface area contributed by atoms with Crippen LogP contribution in [0.4, 0.5) is 5.82 Å². The quantitative estimate of drug-likeness (QED) is 0.805. The minimum absolute atomic E-state index is 0.313. The molecule has 0 radical (unpaired) electrons. The molecule has 0 amide bonds. The normalized spacial score (nSPS) is 11.1. The zero-order chi connectivity index (χ0) is 14.5. The lowest BCUT2D eigenvalue weighted by Gasteiger charge is -2.14. The van der Waals surface area contributed by atoms with Crippen molar-refractivity contribution in [3.63, 3.8) is 0 Å². The zero-order valence-electron chi connectivity index (χ0n) is 12.3. The summed E-state index contributed by atoms with van der Waals surface area (Å²) in [6.07, 6.45) is 2.90. The Kier molecular flexibility index (Phi) is 5.37. The van der Waals surface area contributed by atoms with Gasteiger partial charge < -0.3 is 5.32 Å². The molecule has 2 heterocycles. The van der Waals surface area contributed by atoms with Crippen LogP contribution in [0, 0.1) is 6.92 Å². The lowest BCUT2D eigenvalue weighted by Crippen LogP contribution is -2.09. The molecule has 108 valence electrons. The van der Waals surface area contributed by atoms with E-state index in [4.69, 9.17) is 4.98 Å². The fourth-order valence-corrected chi connectivity index (χ4v) is 3.25. The van der Waals surface area contributed by atoms with Crippen LogP contribution in [0.2, 0.25) is 0 Å². The van der Waals surface area contributed by atoms with E-state index < -0.39 is 0 Å². The van der Waals surface area contributed by atoms with Gasteiger partial charge in [0.2, 0.25) is 0 Å². The van der Waals surface area contributed by atoms with Crippen molar-refractivity contribution in [1.82, 2.24) is 15.0 Å². The van der Waals surface area contributed by atoms with Crippen molar-refractivity contribution in [2.24, 2.45) is 0 Å². The Bertz CT molecular complexity index is 553. The molecule has 0 unspecified atom stereocenters. The summed E-state index contributed by atoms with van der Waals surface area (Å²) < 4.78 is 1.02. The van der Waals surface area contributed by atoms with Crippen LogP contribution in [-0.4, -0.2) is 21.5 Å². The second-order valence-corrected chi connectivity index (χ2v) is 6.97. The highest BCUT2D eigenvalue weighted by molar-refractivity contribution is 8.01. The maximum Gasteiger partial charge on any atom is 0.156 e. The van der Waals surface area contributed by atoms with E-state index in [1.807, 2.05) is 11.6 Å². The van der Waals surface area contributed by atoms with Gasteiger partial charge in [0.25, 0.3) is 0 Å². The molecule has 0 saturated heterocycles. The van der Waals surface area contributed by atoms with E-state index in [9.17, 15) is 0 Å². The van der Waals surface area contributed by atoms with E-state index >= 15 is 0 Å². The van der Waals surface area contributed by atoms with Crippen LogP contribution in [0.25, 0.3) is 0 Å². The molecule has 0 saturated carbocycles. The molecule has 1 N–H and O–H groups in total. The minimum Gasteiger partial charge on any atom is -0.370 e. The fraction of sp³-hybridized carbons (Fsp3) is 0.500. The maximum atomic E-state index is 4.69. The van der Waals surface area contributed by atoms with E-state index in [1.165, 1.54) is 0 Å². The van der Waals surface area contributed by atoms with Crippen molar-refractivity contribution in [3.05, 3.63) is 23.0 Å². The van der Waals surface area contributed by atoms with Crippen LogP contribution < -0.4 is 5.32 Å². The average molecular weight is 308 g/mol. The lowest BCUT2D eigenvalue weighted by molar-refractivity contribution is 0.747. The van der Waals surface area contributed by atoms with E-state index in [-0.39, 0.29) is 0 Å². The maximum absolute atomic E-state index is 4.69. The SMILES string of the molecule is CCCNc1nc(C(C)C)nc(Sc2nccs2)c1C. The third-order valence-corrected chi connectivity index (χ3v) is 4.75. The topological polar surface area (TPSA) is 50.7 Å². The summed E-state index contributed by atoms with van der Waals surface area (Å²) in [6.45, 7) is 9.38. The first kappa shape index (κ1) is 15.3. The van der Waals surface area contributed by atoms with Crippen LogP contribution in [0.5, 0.6) is 0 Å². The zero-order valence-corrected chi connectivity index (χ0v) is 13.9. The summed E-state index contributed by atoms with van der Waals surface area (Å²) in [4.78, 5) is 13.7. The Labute approximate surface area is 128 Å². The molecule has 2 aromatic heterocycles. The summed E-state index contributed by atoms with van der Waals surface area (Å²) in [5.41, 5.74) is 1.10. The van der Waals surface area contributed by atoms with Crippen molar-refractivity contribution in [2.45, 2.75) is 49.4 Å². The number of anilines is 1. The van der Waals surface area contributed by atoms with Gasteiger partial charge in [-0.2, -0.15) is 0 Å². The number of rotatable bonds is 6. The standard InChI is InChI=1S/C14H20N4S2/c1-5-6-15-12-10(4)13(18-11(17-12)9(2)3)20-14-16-7-8-19-14/h7-9H,5-6H2,1-4H3,(H,15,17,18). The number of thiazole rings is 1. The van der Waals surface area contributed by atoms with Gasteiger partial charge in [-0.05, 0) is 25.1 Å². The van der Waals surface area contributed by atoms with Crippen LogP contribution in [0.3, 0.4) is 0 Å². The lowest BCUT2D eigenvalue weighted by atomic mass is 10.2. The Morgan fingerprint density at radius 1 is 1.35 bits per heavy atom. The molecule has 0 aliphatic heterocycles.